The minimum absolute atomic E-state index is 0.106. The summed E-state index contributed by atoms with van der Waals surface area (Å²) in [5.41, 5.74) is 6.03. The van der Waals surface area contributed by atoms with E-state index in [2.05, 4.69) is 56.7 Å². The minimum atomic E-state index is -1.02. The van der Waals surface area contributed by atoms with E-state index in [-0.39, 0.29) is 11.6 Å². The fourth-order valence-electron chi connectivity index (χ4n) is 5.11. The zero-order valence-electron chi connectivity index (χ0n) is 22.5. The summed E-state index contributed by atoms with van der Waals surface area (Å²) in [7, 11) is 0. The Kier molecular flexibility index (Phi) is 7.78. The number of carboxylic acid groups (broad SMARTS) is 1. The van der Waals surface area contributed by atoms with E-state index in [0.29, 0.717) is 41.9 Å². The molecule has 1 aliphatic rings. The van der Waals surface area contributed by atoms with Gasteiger partial charge in [0.15, 0.2) is 16.0 Å². The molecule has 208 valence electrons. The van der Waals surface area contributed by atoms with Gasteiger partial charge in [-0.1, -0.05) is 65.4 Å². The number of thiazole rings is 2. The number of benzene rings is 3. The van der Waals surface area contributed by atoms with Crippen molar-refractivity contribution in [2.24, 2.45) is 0 Å². The van der Waals surface area contributed by atoms with Gasteiger partial charge in [0.05, 0.1) is 10.2 Å². The molecule has 0 unspecified atom stereocenters. The molecule has 0 atom stereocenters. The average molecular weight is 584 g/mol. The van der Waals surface area contributed by atoms with Crippen molar-refractivity contribution in [2.45, 2.75) is 32.9 Å². The molecule has 0 aliphatic carbocycles. The number of aromatic carboxylic acids is 1. The second-order valence-electron chi connectivity index (χ2n) is 10.0. The number of carboxylic acids is 1. The predicted octanol–water partition coefficient (Wildman–Crippen LogP) is 5.91. The molecule has 3 aromatic carbocycles. The van der Waals surface area contributed by atoms with E-state index >= 15 is 0 Å². The van der Waals surface area contributed by atoms with E-state index in [9.17, 15) is 14.7 Å². The van der Waals surface area contributed by atoms with Crippen LogP contribution in [0.15, 0.2) is 66.7 Å². The third kappa shape index (κ3) is 6.00. The van der Waals surface area contributed by atoms with Crippen LogP contribution < -0.4 is 15.5 Å². The Hall–Kier alpha value is -4.12. The summed E-state index contributed by atoms with van der Waals surface area (Å²) in [5, 5.41) is 17.5. The van der Waals surface area contributed by atoms with Gasteiger partial charge in [-0.05, 0) is 54.7 Å². The fourth-order valence-corrected chi connectivity index (χ4v) is 7.05. The van der Waals surface area contributed by atoms with E-state index in [1.807, 2.05) is 42.5 Å². The Morgan fingerprint density at radius 2 is 1.88 bits per heavy atom. The van der Waals surface area contributed by atoms with E-state index in [1.165, 1.54) is 33.8 Å². The van der Waals surface area contributed by atoms with E-state index in [0.717, 1.165) is 39.2 Å². The number of nitrogens with one attached hydrogen (secondary N) is 2. The van der Waals surface area contributed by atoms with Gasteiger partial charge >= 0.3 is 5.97 Å². The van der Waals surface area contributed by atoms with Crippen molar-refractivity contribution in [1.82, 2.24) is 15.3 Å². The summed E-state index contributed by atoms with van der Waals surface area (Å²) < 4.78 is 1.02. The van der Waals surface area contributed by atoms with Crippen LogP contribution in [0.2, 0.25) is 0 Å². The normalized spacial score (nSPS) is 12.9. The van der Waals surface area contributed by atoms with E-state index < -0.39 is 5.97 Å². The molecule has 0 spiro atoms. The smallest absolute Gasteiger partial charge is 0.355 e. The number of rotatable bonds is 9. The summed E-state index contributed by atoms with van der Waals surface area (Å²) in [6.45, 7) is 4.62. The molecule has 3 heterocycles. The Bertz CT molecular complexity index is 1710. The van der Waals surface area contributed by atoms with Gasteiger partial charge in [0.1, 0.15) is 0 Å². The van der Waals surface area contributed by atoms with Crippen LogP contribution in [0, 0.1) is 6.92 Å². The van der Waals surface area contributed by atoms with Gasteiger partial charge in [0.2, 0.25) is 0 Å². The molecule has 3 N–H and O–H groups in total. The van der Waals surface area contributed by atoms with Gasteiger partial charge in [-0.2, -0.15) is 0 Å². The van der Waals surface area contributed by atoms with Crippen LogP contribution >= 0.6 is 22.7 Å². The maximum atomic E-state index is 13.4. The molecule has 0 fully saturated rings. The van der Waals surface area contributed by atoms with Crippen molar-refractivity contribution < 1.29 is 14.7 Å². The summed E-state index contributed by atoms with van der Waals surface area (Å²) in [5.74, 6) is -1.22. The Balaban J connectivity index is 1.16. The molecule has 0 saturated heterocycles. The van der Waals surface area contributed by atoms with Crippen molar-refractivity contribution in [3.8, 4) is 0 Å². The first-order valence-corrected chi connectivity index (χ1v) is 15.1. The second kappa shape index (κ2) is 11.8. The van der Waals surface area contributed by atoms with Crippen LogP contribution in [0.3, 0.4) is 0 Å². The maximum Gasteiger partial charge on any atom is 0.355 e. The van der Waals surface area contributed by atoms with Crippen molar-refractivity contribution in [3.63, 3.8) is 0 Å². The lowest BCUT2D eigenvalue weighted by atomic mass is 9.94. The zero-order valence-corrected chi connectivity index (χ0v) is 24.1. The predicted molar refractivity (Wildman–Crippen MR) is 164 cm³/mol. The first-order chi connectivity index (χ1) is 19.9. The number of para-hydroxylation sites is 1. The highest BCUT2D eigenvalue weighted by Crippen LogP contribution is 2.33. The highest BCUT2D eigenvalue weighted by Gasteiger charge is 2.26. The van der Waals surface area contributed by atoms with Crippen LogP contribution in [-0.4, -0.2) is 40.0 Å². The van der Waals surface area contributed by atoms with Gasteiger partial charge in [-0.3, -0.25) is 10.1 Å². The van der Waals surface area contributed by atoms with Crippen molar-refractivity contribution in [2.75, 3.05) is 23.3 Å². The molecule has 5 aromatic rings. The molecule has 41 heavy (non-hydrogen) atoms. The van der Waals surface area contributed by atoms with Crippen LogP contribution in [0.5, 0.6) is 0 Å². The van der Waals surface area contributed by atoms with Gasteiger partial charge in [0, 0.05) is 36.6 Å². The SMILES string of the molecule is Cc1cccc(CNCCc2sc(N3CCc4cccc(C(=O)Nc5nc6ccccc6s5)c4C3)nc2C(=O)O)c1. The van der Waals surface area contributed by atoms with E-state index in [4.69, 9.17) is 0 Å². The second-order valence-corrected chi connectivity index (χ2v) is 12.1. The highest BCUT2D eigenvalue weighted by atomic mass is 32.1. The first kappa shape index (κ1) is 27.1. The molecule has 2 aromatic heterocycles. The van der Waals surface area contributed by atoms with Gasteiger partial charge in [0.25, 0.3) is 5.91 Å². The topological polar surface area (TPSA) is 107 Å². The quantitative estimate of drug-likeness (QED) is 0.185. The number of anilines is 2. The number of carbonyl (C=O) groups is 2. The molecule has 1 aliphatic heterocycles. The van der Waals surface area contributed by atoms with Gasteiger partial charge < -0.3 is 15.3 Å². The molecular formula is C31H29N5O3S2. The van der Waals surface area contributed by atoms with Gasteiger partial charge in [-0.25, -0.2) is 14.8 Å². The first-order valence-electron chi connectivity index (χ1n) is 13.5. The minimum Gasteiger partial charge on any atom is -0.476 e. The summed E-state index contributed by atoms with van der Waals surface area (Å²) in [6, 6.07) is 21.9. The van der Waals surface area contributed by atoms with Crippen molar-refractivity contribution in [1.29, 1.82) is 0 Å². The number of aryl methyl sites for hydroxylation is 1. The van der Waals surface area contributed by atoms with Crippen molar-refractivity contribution >= 4 is 55.0 Å². The van der Waals surface area contributed by atoms with Crippen LogP contribution in [0.4, 0.5) is 10.3 Å². The zero-order chi connectivity index (χ0) is 28.3. The fraction of sp³-hybridized carbons (Fsp3) is 0.226. The average Bonchev–Trinajstić information content (AvgIpc) is 3.59. The maximum absolute atomic E-state index is 13.4. The number of amides is 1. The molecule has 0 saturated carbocycles. The number of nitrogens with zero attached hydrogens (tertiary/aromatic N) is 3. The van der Waals surface area contributed by atoms with Crippen LogP contribution in [0.1, 0.15) is 48.0 Å². The highest BCUT2D eigenvalue weighted by molar-refractivity contribution is 7.22. The van der Waals surface area contributed by atoms with E-state index in [1.54, 1.807) is 0 Å². The summed E-state index contributed by atoms with van der Waals surface area (Å²) >= 11 is 2.87. The summed E-state index contributed by atoms with van der Waals surface area (Å²) in [6.07, 6.45) is 1.32. The standard InChI is InChI=1S/C31H29N5O3S2/c1-19-6-4-7-20(16-19)17-32-14-12-26-27(29(38)39)34-31(41-26)36-15-13-21-8-5-9-22(23(21)18-36)28(37)35-30-33-24-10-2-3-11-25(24)40-30/h2-11,16,32H,12-15,17-18H2,1H3,(H,38,39)(H,33,35,37). The van der Waals surface area contributed by atoms with Gasteiger partial charge in [-0.15, -0.1) is 11.3 Å². The number of fused-ring (bicyclic) bond motifs is 2. The Morgan fingerprint density at radius 1 is 1.02 bits per heavy atom. The molecule has 0 radical (unpaired) electrons. The van der Waals surface area contributed by atoms with Crippen LogP contribution in [0.25, 0.3) is 10.2 Å². The Labute approximate surface area is 245 Å². The van der Waals surface area contributed by atoms with Crippen molar-refractivity contribution in [3.05, 3.63) is 105 Å². The molecule has 0 bridgehead atoms. The third-order valence-corrected chi connectivity index (χ3v) is 9.26. The lowest BCUT2D eigenvalue weighted by molar-refractivity contribution is 0.0690. The summed E-state index contributed by atoms with van der Waals surface area (Å²) in [4.78, 5) is 37.3. The van der Waals surface area contributed by atoms with Crippen LogP contribution in [-0.2, 0) is 25.9 Å². The Morgan fingerprint density at radius 3 is 2.71 bits per heavy atom. The lowest BCUT2D eigenvalue weighted by Gasteiger charge is -2.29. The third-order valence-electron chi connectivity index (χ3n) is 7.13. The molecule has 10 heteroatoms. The number of hydrogen-bond acceptors (Lipinski definition) is 8. The molecule has 6 rings (SSSR count). The number of hydrogen-bond donors (Lipinski definition) is 3. The monoisotopic (exact) mass is 583 g/mol. The largest absolute Gasteiger partial charge is 0.476 e. The molecule has 8 nitrogen and oxygen atoms in total. The molecular weight excluding hydrogens is 555 g/mol. The molecule has 1 amide bonds. The number of aromatic nitrogens is 2. The number of carbonyl (C=O) groups excluding carboxylic acids is 1. The lowest BCUT2D eigenvalue weighted by Crippen LogP contribution is -2.32.